The first-order valence-electron chi connectivity index (χ1n) is 9.24. The zero-order valence-corrected chi connectivity index (χ0v) is 16.6. The highest BCUT2D eigenvalue weighted by molar-refractivity contribution is 5.69. The molecule has 0 aliphatic heterocycles. The minimum atomic E-state index is -1.21. The van der Waals surface area contributed by atoms with Crippen molar-refractivity contribution in [2.45, 2.75) is 44.9 Å². The zero-order valence-electron chi connectivity index (χ0n) is 16.6. The first-order valence-corrected chi connectivity index (χ1v) is 9.24. The fourth-order valence-electron chi connectivity index (χ4n) is 2.64. The molecule has 6 nitrogen and oxygen atoms in total. The molecule has 6 heteroatoms. The van der Waals surface area contributed by atoms with Gasteiger partial charge in [-0.3, -0.25) is 0 Å². The molecular weight excluding hydrogens is 358 g/mol. The Morgan fingerprint density at radius 1 is 0.929 bits per heavy atom. The van der Waals surface area contributed by atoms with Crippen LogP contribution in [0, 0.1) is 0 Å². The number of amides is 1. The quantitative estimate of drug-likeness (QED) is 0.648. The summed E-state index contributed by atoms with van der Waals surface area (Å²) in [6, 6.07) is 17.2. The van der Waals surface area contributed by atoms with Gasteiger partial charge in [0, 0.05) is 6.42 Å². The second-order valence-corrected chi connectivity index (χ2v) is 7.82. The molecule has 0 radical (unpaired) electrons. The number of carbonyl (C=O) groups is 1. The van der Waals surface area contributed by atoms with Gasteiger partial charge in [0.1, 0.15) is 18.0 Å². The number of aliphatic hydroxyl groups is 2. The highest BCUT2D eigenvalue weighted by Gasteiger charge is 2.33. The molecule has 0 saturated heterocycles. The molecule has 0 fully saturated rings. The summed E-state index contributed by atoms with van der Waals surface area (Å²) in [5.74, 6) is 0.714. The van der Waals surface area contributed by atoms with Crippen LogP contribution in [-0.2, 0) is 17.8 Å². The lowest BCUT2D eigenvalue weighted by Gasteiger charge is -2.32. The maximum absolute atomic E-state index is 12.1. The zero-order chi connectivity index (χ0) is 20.6. The molecule has 2 rings (SSSR count). The standard InChI is InChI=1S/C22H29NO5/c1-21(2,3)28-20(26)23-22(15-24,16-25)13-17-9-11-19(12-10-17)27-14-18-7-5-4-6-8-18/h4-12,24-25H,13-16H2,1-3H3,(H,23,26). The average Bonchev–Trinajstić information content (AvgIpc) is 2.66. The summed E-state index contributed by atoms with van der Waals surface area (Å²) in [5.41, 5.74) is 0.0340. The van der Waals surface area contributed by atoms with Crippen LogP contribution in [0.25, 0.3) is 0 Å². The number of alkyl carbamates (subject to hydrolysis) is 1. The maximum Gasteiger partial charge on any atom is 0.408 e. The van der Waals surface area contributed by atoms with E-state index in [-0.39, 0.29) is 6.42 Å². The topological polar surface area (TPSA) is 88.0 Å². The summed E-state index contributed by atoms with van der Waals surface area (Å²) in [4.78, 5) is 12.1. The molecule has 0 atom stereocenters. The van der Waals surface area contributed by atoms with E-state index in [1.54, 1.807) is 20.8 Å². The van der Waals surface area contributed by atoms with Gasteiger partial charge in [0.2, 0.25) is 0 Å². The number of benzene rings is 2. The summed E-state index contributed by atoms with van der Waals surface area (Å²) in [6.45, 7) is 4.88. The second kappa shape index (κ2) is 9.57. The van der Waals surface area contributed by atoms with Crippen LogP contribution < -0.4 is 10.1 Å². The number of aliphatic hydroxyl groups excluding tert-OH is 2. The molecule has 1 amide bonds. The van der Waals surface area contributed by atoms with Gasteiger partial charge >= 0.3 is 6.09 Å². The summed E-state index contributed by atoms with van der Waals surface area (Å²) in [7, 11) is 0. The van der Waals surface area contributed by atoms with Gasteiger partial charge in [-0.2, -0.15) is 0 Å². The predicted octanol–water partition coefficient (Wildman–Crippen LogP) is 3.06. The Morgan fingerprint density at radius 2 is 1.54 bits per heavy atom. The van der Waals surface area contributed by atoms with Crippen molar-refractivity contribution < 1.29 is 24.5 Å². The second-order valence-electron chi connectivity index (χ2n) is 7.82. The third-order valence-electron chi connectivity index (χ3n) is 4.09. The van der Waals surface area contributed by atoms with Crippen molar-refractivity contribution in [3.63, 3.8) is 0 Å². The van der Waals surface area contributed by atoms with Crippen LogP contribution in [0.4, 0.5) is 4.79 Å². The van der Waals surface area contributed by atoms with Crippen molar-refractivity contribution in [2.24, 2.45) is 0 Å². The molecule has 0 aliphatic carbocycles. The van der Waals surface area contributed by atoms with Gasteiger partial charge in [0.05, 0.1) is 18.8 Å². The first kappa shape index (κ1) is 21.7. The molecule has 0 aromatic heterocycles. The van der Waals surface area contributed by atoms with Crippen LogP contribution in [0.2, 0.25) is 0 Å². The Morgan fingerprint density at radius 3 is 2.07 bits per heavy atom. The van der Waals surface area contributed by atoms with Gasteiger partial charge in [-0.15, -0.1) is 0 Å². The van der Waals surface area contributed by atoms with E-state index in [0.717, 1.165) is 11.1 Å². The number of hydrogen-bond donors (Lipinski definition) is 3. The molecule has 152 valence electrons. The average molecular weight is 387 g/mol. The van der Waals surface area contributed by atoms with Crippen LogP contribution in [0.5, 0.6) is 5.75 Å². The Labute approximate surface area is 166 Å². The molecular formula is C22H29NO5. The van der Waals surface area contributed by atoms with Crippen molar-refractivity contribution >= 4 is 6.09 Å². The molecule has 2 aromatic carbocycles. The predicted molar refractivity (Wildman–Crippen MR) is 107 cm³/mol. The van der Waals surface area contributed by atoms with Crippen molar-refractivity contribution in [3.05, 3.63) is 65.7 Å². The third kappa shape index (κ3) is 6.87. The monoisotopic (exact) mass is 387 g/mol. The van der Waals surface area contributed by atoms with Gasteiger partial charge in [-0.25, -0.2) is 4.79 Å². The van der Waals surface area contributed by atoms with Crippen molar-refractivity contribution in [3.8, 4) is 5.75 Å². The molecule has 2 aromatic rings. The van der Waals surface area contributed by atoms with Crippen LogP contribution in [0.1, 0.15) is 31.9 Å². The van der Waals surface area contributed by atoms with E-state index < -0.39 is 30.4 Å². The lowest BCUT2D eigenvalue weighted by atomic mass is 9.92. The van der Waals surface area contributed by atoms with Crippen LogP contribution in [0.3, 0.4) is 0 Å². The fraction of sp³-hybridized carbons (Fsp3) is 0.409. The lowest BCUT2D eigenvalue weighted by molar-refractivity contribution is 0.0295. The number of hydrogen-bond acceptors (Lipinski definition) is 5. The van der Waals surface area contributed by atoms with Gasteiger partial charge in [0.25, 0.3) is 0 Å². The van der Waals surface area contributed by atoms with E-state index in [1.165, 1.54) is 0 Å². The molecule has 0 aliphatic rings. The normalized spacial score (nSPS) is 11.8. The van der Waals surface area contributed by atoms with E-state index >= 15 is 0 Å². The molecule has 0 heterocycles. The Balaban J connectivity index is 1.99. The van der Waals surface area contributed by atoms with E-state index in [2.05, 4.69) is 5.32 Å². The van der Waals surface area contributed by atoms with E-state index in [1.807, 2.05) is 54.6 Å². The van der Waals surface area contributed by atoms with Crippen molar-refractivity contribution in [1.82, 2.24) is 5.32 Å². The highest BCUT2D eigenvalue weighted by Crippen LogP contribution is 2.19. The van der Waals surface area contributed by atoms with Gasteiger partial charge in [-0.1, -0.05) is 42.5 Å². The Kier molecular flexibility index (Phi) is 7.43. The molecule has 28 heavy (non-hydrogen) atoms. The molecule has 0 bridgehead atoms. The van der Waals surface area contributed by atoms with Gasteiger partial charge < -0.3 is 25.0 Å². The van der Waals surface area contributed by atoms with Crippen molar-refractivity contribution in [1.29, 1.82) is 0 Å². The molecule has 0 saturated carbocycles. The van der Waals surface area contributed by atoms with Crippen LogP contribution >= 0.6 is 0 Å². The Bertz CT molecular complexity index is 734. The minimum absolute atomic E-state index is 0.248. The summed E-state index contributed by atoms with van der Waals surface area (Å²) in [5, 5.41) is 22.2. The Hall–Kier alpha value is -2.57. The number of rotatable bonds is 8. The highest BCUT2D eigenvalue weighted by atomic mass is 16.6. The van der Waals surface area contributed by atoms with Gasteiger partial charge in [0.15, 0.2) is 0 Å². The minimum Gasteiger partial charge on any atom is -0.489 e. The van der Waals surface area contributed by atoms with E-state index in [0.29, 0.717) is 12.4 Å². The summed E-state index contributed by atoms with van der Waals surface area (Å²) >= 11 is 0. The van der Waals surface area contributed by atoms with Gasteiger partial charge in [-0.05, 0) is 44.0 Å². The molecule has 3 N–H and O–H groups in total. The van der Waals surface area contributed by atoms with E-state index in [4.69, 9.17) is 9.47 Å². The van der Waals surface area contributed by atoms with E-state index in [9.17, 15) is 15.0 Å². The maximum atomic E-state index is 12.1. The fourth-order valence-corrected chi connectivity index (χ4v) is 2.64. The first-order chi connectivity index (χ1) is 13.3. The summed E-state index contributed by atoms with van der Waals surface area (Å²) in [6.07, 6.45) is -0.434. The number of carbonyl (C=O) groups excluding carboxylic acids is 1. The molecule has 0 unspecified atom stereocenters. The number of ether oxygens (including phenoxy) is 2. The van der Waals surface area contributed by atoms with Crippen LogP contribution in [0.15, 0.2) is 54.6 Å². The van der Waals surface area contributed by atoms with Crippen molar-refractivity contribution in [2.75, 3.05) is 13.2 Å². The molecule has 0 spiro atoms. The summed E-state index contributed by atoms with van der Waals surface area (Å²) < 4.78 is 11.0. The number of nitrogens with one attached hydrogen (secondary N) is 1. The largest absolute Gasteiger partial charge is 0.489 e. The SMILES string of the molecule is CC(C)(C)OC(=O)NC(CO)(CO)Cc1ccc(OCc2ccccc2)cc1. The lowest BCUT2D eigenvalue weighted by Crippen LogP contribution is -2.56. The van der Waals surface area contributed by atoms with Crippen LogP contribution in [-0.4, -0.2) is 40.7 Å². The smallest absolute Gasteiger partial charge is 0.408 e. The third-order valence-corrected chi connectivity index (χ3v) is 4.09.